The fourth-order valence-electron chi connectivity index (χ4n) is 1.83. The molecule has 2 rings (SSSR count). The minimum atomic E-state index is -0.774. The second kappa shape index (κ2) is 6.36. The molecule has 0 saturated heterocycles. The molecule has 23 heavy (non-hydrogen) atoms. The second-order valence-corrected chi connectivity index (χ2v) is 6.13. The van der Waals surface area contributed by atoms with E-state index in [0.717, 1.165) is 0 Å². The van der Waals surface area contributed by atoms with Gasteiger partial charge in [-0.25, -0.2) is 14.2 Å². The Bertz CT molecular complexity index is 708. The van der Waals surface area contributed by atoms with Gasteiger partial charge in [0.15, 0.2) is 5.82 Å². The summed E-state index contributed by atoms with van der Waals surface area (Å²) in [5.41, 5.74) is -0.267. The van der Waals surface area contributed by atoms with Crippen LogP contribution in [-0.2, 0) is 11.3 Å². The van der Waals surface area contributed by atoms with E-state index in [0.29, 0.717) is 0 Å². The van der Waals surface area contributed by atoms with Crippen LogP contribution in [0.5, 0.6) is 0 Å². The van der Waals surface area contributed by atoms with Crippen molar-refractivity contribution in [2.45, 2.75) is 32.9 Å². The molecule has 0 spiro atoms. The van der Waals surface area contributed by atoms with Gasteiger partial charge in [-0.15, -0.1) is 0 Å². The zero-order valence-corrected chi connectivity index (χ0v) is 13.5. The van der Waals surface area contributed by atoms with E-state index in [1.807, 2.05) is 20.8 Å². The van der Waals surface area contributed by atoms with Crippen molar-refractivity contribution in [1.29, 1.82) is 0 Å². The average molecular weight is 323 g/mol. The number of carbonyl (C=O) groups excluding carboxylic acids is 1. The zero-order chi connectivity index (χ0) is 17.2. The summed E-state index contributed by atoms with van der Waals surface area (Å²) in [6, 6.07) is 2.93. The Kier molecular flexibility index (Phi) is 4.68. The van der Waals surface area contributed by atoms with Crippen LogP contribution in [0.25, 0.3) is 11.3 Å². The van der Waals surface area contributed by atoms with Gasteiger partial charge in [0.05, 0.1) is 11.3 Å². The first-order valence-corrected chi connectivity index (χ1v) is 7.09. The summed E-state index contributed by atoms with van der Waals surface area (Å²) in [5.74, 6) is -1.44. The summed E-state index contributed by atoms with van der Waals surface area (Å²) in [5, 5.41) is 0. The maximum atomic E-state index is 14.4. The topological polar surface area (TPSA) is 58.2 Å². The van der Waals surface area contributed by atoms with Crippen molar-refractivity contribution in [2.75, 3.05) is 7.05 Å². The van der Waals surface area contributed by atoms with Crippen molar-refractivity contribution in [3.63, 3.8) is 0 Å². The van der Waals surface area contributed by atoms with Crippen molar-refractivity contribution in [3.8, 4) is 11.3 Å². The molecule has 0 bridgehead atoms. The standard InChI is InChI=1S/C16H19F2N3O2/c1-16(2,3)21(4)15(22)23-9-10-8-20-13(12(10)17)11-6-5-7-19-14(11)18/h5-8,20H,9H2,1-4H3. The molecule has 0 aliphatic heterocycles. The third-order valence-corrected chi connectivity index (χ3v) is 3.55. The number of nitrogens with zero attached hydrogens (tertiary/aromatic N) is 2. The maximum Gasteiger partial charge on any atom is 0.410 e. The Labute approximate surface area is 133 Å². The van der Waals surface area contributed by atoms with Gasteiger partial charge in [0.1, 0.15) is 6.61 Å². The van der Waals surface area contributed by atoms with Crippen LogP contribution in [0.2, 0.25) is 0 Å². The second-order valence-electron chi connectivity index (χ2n) is 6.13. The van der Waals surface area contributed by atoms with Crippen LogP contribution in [0.3, 0.4) is 0 Å². The molecular formula is C16H19F2N3O2. The summed E-state index contributed by atoms with van der Waals surface area (Å²) >= 11 is 0. The number of rotatable bonds is 3. The molecule has 0 aromatic carbocycles. The maximum absolute atomic E-state index is 14.4. The molecule has 2 heterocycles. The van der Waals surface area contributed by atoms with Gasteiger partial charge < -0.3 is 14.6 Å². The molecule has 0 saturated carbocycles. The third-order valence-electron chi connectivity index (χ3n) is 3.55. The number of aromatic amines is 1. The summed E-state index contributed by atoms with van der Waals surface area (Å²) in [6.07, 6.45) is 2.07. The average Bonchev–Trinajstić information content (AvgIpc) is 2.84. The van der Waals surface area contributed by atoms with Crippen LogP contribution in [0, 0.1) is 11.8 Å². The van der Waals surface area contributed by atoms with Gasteiger partial charge in [-0.05, 0) is 32.9 Å². The summed E-state index contributed by atoms with van der Waals surface area (Å²) in [4.78, 5) is 19.5. The minimum absolute atomic E-state index is 0.0224. The fourth-order valence-corrected chi connectivity index (χ4v) is 1.83. The normalized spacial score (nSPS) is 11.4. The van der Waals surface area contributed by atoms with E-state index in [4.69, 9.17) is 4.74 Å². The van der Waals surface area contributed by atoms with Gasteiger partial charge in [-0.1, -0.05) is 0 Å². The SMILES string of the molecule is CN(C(=O)OCc1c[nH]c(-c2cccnc2F)c1F)C(C)(C)C. The van der Waals surface area contributed by atoms with Crippen LogP contribution in [0.4, 0.5) is 13.6 Å². The van der Waals surface area contributed by atoms with Crippen LogP contribution < -0.4 is 0 Å². The van der Waals surface area contributed by atoms with Gasteiger partial charge in [-0.2, -0.15) is 4.39 Å². The summed E-state index contributed by atoms with van der Waals surface area (Å²) < 4.78 is 33.1. The van der Waals surface area contributed by atoms with Crippen molar-refractivity contribution >= 4 is 6.09 Å². The monoisotopic (exact) mass is 323 g/mol. The number of amides is 1. The highest BCUT2D eigenvalue weighted by Gasteiger charge is 2.24. The fraction of sp³-hybridized carbons (Fsp3) is 0.375. The van der Waals surface area contributed by atoms with Gasteiger partial charge in [-0.3, -0.25) is 0 Å². The number of halogens is 2. The van der Waals surface area contributed by atoms with Crippen molar-refractivity contribution in [2.24, 2.45) is 0 Å². The predicted molar refractivity (Wildman–Crippen MR) is 81.6 cm³/mol. The first-order chi connectivity index (χ1) is 10.7. The third kappa shape index (κ3) is 3.67. The van der Waals surface area contributed by atoms with E-state index < -0.39 is 23.4 Å². The lowest BCUT2D eigenvalue weighted by Crippen LogP contribution is -2.42. The Morgan fingerprint density at radius 1 is 1.39 bits per heavy atom. The molecule has 5 nitrogen and oxygen atoms in total. The predicted octanol–water partition coefficient (Wildman–Crippen LogP) is 3.72. The lowest BCUT2D eigenvalue weighted by Gasteiger charge is -2.30. The first-order valence-electron chi connectivity index (χ1n) is 7.09. The number of nitrogens with one attached hydrogen (secondary N) is 1. The highest BCUT2D eigenvalue weighted by Crippen LogP contribution is 2.26. The van der Waals surface area contributed by atoms with E-state index in [1.165, 1.54) is 29.4 Å². The van der Waals surface area contributed by atoms with Crippen molar-refractivity contribution in [1.82, 2.24) is 14.9 Å². The molecule has 1 N–H and O–H groups in total. The van der Waals surface area contributed by atoms with Crippen molar-refractivity contribution in [3.05, 3.63) is 41.9 Å². The molecule has 2 aromatic rings. The number of ether oxygens (including phenoxy) is 1. The zero-order valence-electron chi connectivity index (χ0n) is 13.5. The lowest BCUT2D eigenvalue weighted by molar-refractivity contribution is 0.0753. The lowest BCUT2D eigenvalue weighted by atomic mass is 10.1. The highest BCUT2D eigenvalue weighted by molar-refractivity contribution is 5.68. The molecule has 0 aliphatic rings. The highest BCUT2D eigenvalue weighted by atomic mass is 19.1. The van der Waals surface area contributed by atoms with Gasteiger partial charge in [0.2, 0.25) is 5.95 Å². The molecule has 0 unspecified atom stereocenters. The van der Waals surface area contributed by atoms with Crippen LogP contribution in [-0.4, -0.2) is 33.5 Å². The largest absolute Gasteiger partial charge is 0.444 e. The Morgan fingerprint density at radius 2 is 2.09 bits per heavy atom. The molecular weight excluding hydrogens is 304 g/mol. The molecule has 0 radical (unpaired) electrons. The number of carbonyl (C=O) groups is 1. The first kappa shape index (κ1) is 16.9. The summed E-state index contributed by atoms with van der Waals surface area (Å²) in [6.45, 7) is 5.32. The molecule has 0 fully saturated rings. The number of hydrogen-bond acceptors (Lipinski definition) is 3. The number of pyridine rings is 1. The van der Waals surface area contributed by atoms with Crippen LogP contribution >= 0.6 is 0 Å². The van der Waals surface area contributed by atoms with E-state index in [1.54, 1.807) is 7.05 Å². The summed E-state index contributed by atoms with van der Waals surface area (Å²) in [7, 11) is 1.60. The van der Waals surface area contributed by atoms with Gasteiger partial charge >= 0.3 is 6.09 Å². The Balaban J connectivity index is 2.12. The van der Waals surface area contributed by atoms with E-state index in [-0.39, 0.29) is 23.4 Å². The molecule has 2 aromatic heterocycles. The van der Waals surface area contributed by atoms with E-state index in [2.05, 4.69) is 9.97 Å². The van der Waals surface area contributed by atoms with E-state index in [9.17, 15) is 13.6 Å². The Morgan fingerprint density at radius 3 is 2.70 bits per heavy atom. The van der Waals surface area contributed by atoms with Gasteiger partial charge in [0.25, 0.3) is 0 Å². The minimum Gasteiger partial charge on any atom is -0.444 e. The number of hydrogen-bond donors (Lipinski definition) is 1. The molecule has 1 amide bonds. The van der Waals surface area contributed by atoms with Crippen LogP contribution in [0.1, 0.15) is 26.3 Å². The molecule has 7 heteroatoms. The van der Waals surface area contributed by atoms with Gasteiger partial charge in [0, 0.05) is 30.5 Å². The molecule has 0 aliphatic carbocycles. The number of H-pyrrole nitrogens is 1. The molecule has 124 valence electrons. The quantitative estimate of drug-likeness (QED) is 0.876. The molecule has 0 atom stereocenters. The Hall–Kier alpha value is -2.44. The smallest absolute Gasteiger partial charge is 0.410 e. The number of aromatic nitrogens is 2. The van der Waals surface area contributed by atoms with Crippen LogP contribution in [0.15, 0.2) is 24.5 Å². The van der Waals surface area contributed by atoms with Crippen molar-refractivity contribution < 1.29 is 18.3 Å². The van der Waals surface area contributed by atoms with E-state index >= 15 is 0 Å².